The van der Waals surface area contributed by atoms with Crippen molar-refractivity contribution in [2.24, 2.45) is 0 Å². The molecular formula is C42H70O35. The van der Waals surface area contributed by atoms with Gasteiger partial charge in [0.05, 0.1) is 46.2 Å². The van der Waals surface area contributed by atoms with E-state index in [-0.39, 0.29) is 0 Å². The average molecular weight is 1130 g/mol. The first-order chi connectivity index (χ1) is 36.7. The van der Waals surface area contributed by atoms with Crippen molar-refractivity contribution in [3.8, 4) is 0 Å². The maximum Gasteiger partial charge on any atom is 0.187 e. The number of hydrogen-bond donors (Lipinski definition) is 21. The molecule has 21 saturated heterocycles. The summed E-state index contributed by atoms with van der Waals surface area (Å²) in [5, 5.41) is 230. The summed E-state index contributed by atoms with van der Waals surface area (Å²) >= 11 is 0. The minimum atomic E-state index is -2.21. The molecule has 21 aliphatic rings. The van der Waals surface area contributed by atoms with Crippen LogP contribution in [0.2, 0.25) is 0 Å². The van der Waals surface area contributed by atoms with Crippen LogP contribution in [0.15, 0.2) is 0 Å². The molecular weight excluding hydrogens is 1060 g/mol. The second-order valence-corrected chi connectivity index (χ2v) is 19.7. The molecule has 0 amide bonds. The van der Waals surface area contributed by atoms with Gasteiger partial charge in [-0.25, -0.2) is 0 Å². The van der Waals surface area contributed by atoms with Crippen LogP contribution in [0, 0.1) is 0 Å². The van der Waals surface area contributed by atoms with E-state index in [1.54, 1.807) is 0 Å². The van der Waals surface area contributed by atoms with Gasteiger partial charge in [-0.1, -0.05) is 0 Å². The largest absolute Gasteiger partial charge is 0.394 e. The van der Waals surface area contributed by atoms with E-state index in [0.29, 0.717) is 0 Å². The molecule has 0 aromatic heterocycles. The van der Waals surface area contributed by atoms with Gasteiger partial charge in [-0.05, 0) is 0 Å². The van der Waals surface area contributed by atoms with Crippen molar-refractivity contribution in [1.29, 1.82) is 0 Å². The quantitative estimate of drug-likeness (QED) is 0.113. The van der Waals surface area contributed by atoms with Crippen LogP contribution >= 0.6 is 0 Å². The predicted octanol–water partition coefficient (Wildman–Crippen LogP) is -15.2. The van der Waals surface area contributed by atoms with E-state index in [1.165, 1.54) is 0 Å². The second-order valence-electron chi connectivity index (χ2n) is 19.7. The molecule has 21 heterocycles. The molecule has 21 N–H and O–H groups in total. The molecule has 0 spiro atoms. The highest BCUT2D eigenvalue weighted by atomic mass is 16.8. The third-order valence-corrected chi connectivity index (χ3v) is 14.8. The van der Waals surface area contributed by atoms with Crippen molar-refractivity contribution >= 4 is 0 Å². The SMILES string of the molecule is OC[C@H]1O[C@@H]2O[C@H]3[C@H](O)[C@H](O)[C@@H](O[C@H]4[C@H](O)[C@H](O)[C@@H](O[C@H]5[C@H](O)[C@H](O)[C@@H](O[C@H]6[C@H](O)[C@H](O)[C@@H](O[C@H]7[C@H](O)[C@H](O)[C@@H](O[C@H]8[C@H](O)[C@H](O)[C@@H](O[C@H]1[C@H](O)[C@@H]2O)O[C@@H]8CO)O[C@@H]7CO)O[C@@H]6CO)O[C@@H]5CO)O[C@@H]4CO)O[C@@H]3CO. The molecule has 0 aromatic carbocycles. The summed E-state index contributed by atoms with van der Waals surface area (Å²) in [6.45, 7) is -7.33. The lowest BCUT2D eigenvalue weighted by molar-refractivity contribution is -0.396. The van der Waals surface area contributed by atoms with Gasteiger partial charge in [-0.2, -0.15) is 0 Å². The minimum Gasteiger partial charge on any atom is -0.394 e. The molecule has 14 bridgehead atoms. The van der Waals surface area contributed by atoms with Crippen molar-refractivity contribution < 1.29 is 174 Å². The number of aliphatic hydroxyl groups is 21. The van der Waals surface area contributed by atoms with Gasteiger partial charge in [-0.15, -0.1) is 0 Å². The molecule has 0 aliphatic carbocycles. The normalized spacial score (nSPS) is 55.4. The standard InChI is InChI=1S/C42H70O35/c43-1-8-29-15(50)22(57)36(64-8)72-30-9(2-44)66-38(24(59)17(30)52)74-32-11(4-46)68-40(26(61)19(32)54)76-34-13(6-48)70-42(28(63)21(34)56)77-35-14(7-49)69-41(27(62)20(35)55)75-33-12(5-47)67-39(25(60)18(33)53)73-31-10(3-45)65-37(71-29)23(58)16(31)51/h8-63H,1-7H2/t8-,9-,10-,11-,12-,13-,14-,15-,16-,17-,18-,19-,20-,21-,22+,23+,24+,25+,26+,27+,28+,29-,30-,31-,32-,33-,34-,35-,36-,37-,38-,39-,40-,41-,42-/m1/s1. The molecule has 21 aliphatic heterocycles. The van der Waals surface area contributed by atoms with Gasteiger partial charge in [0.25, 0.3) is 0 Å². The molecule has 0 unspecified atom stereocenters. The highest BCUT2D eigenvalue weighted by Crippen LogP contribution is 2.39. The Balaban J connectivity index is 1.08. The minimum absolute atomic E-state index is 1.05. The van der Waals surface area contributed by atoms with Gasteiger partial charge < -0.3 is 174 Å². The van der Waals surface area contributed by atoms with E-state index in [4.69, 9.17) is 66.3 Å². The Morgan fingerprint density at radius 2 is 0.260 bits per heavy atom. The van der Waals surface area contributed by atoms with Gasteiger partial charge in [0, 0.05) is 0 Å². The van der Waals surface area contributed by atoms with Crippen molar-refractivity contribution in [3.05, 3.63) is 0 Å². The Morgan fingerprint density at radius 3 is 0.351 bits per heavy atom. The van der Waals surface area contributed by atoms with E-state index in [1.807, 2.05) is 0 Å². The molecule has 21 fully saturated rings. The Bertz CT molecular complexity index is 1470. The van der Waals surface area contributed by atoms with Crippen LogP contribution in [0.5, 0.6) is 0 Å². The molecule has 21 rings (SSSR count). The lowest BCUT2D eigenvalue weighted by Gasteiger charge is -2.50. The van der Waals surface area contributed by atoms with Crippen LogP contribution in [0.1, 0.15) is 0 Å². The Morgan fingerprint density at radius 1 is 0.156 bits per heavy atom. The molecule has 35 atom stereocenters. The Kier molecular flexibility index (Phi) is 20.8. The first-order valence-electron chi connectivity index (χ1n) is 24.6. The maximum absolute atomic E-state index is 11.3. The third kappa shape index (κ3) is 12.1. The fraction of sp³-hybridized carbons (Fsp3) is 1.00. The van der Waals surface area contributed by atoms with Gasteiger partial charge >= 0.3 is 0 Å². The zero-order valence-corrected chi connectivity index (χ0v) is 40.3. The number of rotatable bonds is 7. The van der Waals surface area contributed by atoms with Crippen molar-refractivity contribution in [2.75, 3.05) is 46.2 Å². The lowest BCUT2D eigenvalue weighted by atomic mass is 9.95. The van der Waals surface area contributed by atoms with E-state index < -0.39 is 261 Å². The van der Waals surface area contributed by atoms with Crippen molar-refractivity contribution in [1.82, 2.24) is 0 Å². The fourth-order valence-corrected chi connectivity index (χ4v) is 10.4. The molecule has 0 radical (unpaired) electrons. The molecule has 35 nitrogen and oxygen atoms in total. The topological polar surface area (TPSA) is 554 Å². The third-order valence-electron chi connectivity index (χ3n) is 14.8. The average Bonchev–Trinajstić information content (AvgIpc) is 3.45. The summed E-state index contributed by atoms with van der Waals surface area (Å²) in [5.41, 5.74) is 0. The number of aliphatic hydroxyl groups excluding tert-OH is 21. The van der Waals surface area contributed by atoms with Crippen molar-refractivity contribution in [2.45, 2.75) is 215 Å². The molecule has 0 aromatic rings. The first kappa shape index (κ1) is 61.7. The lowest BCUT2D eigenvalue weighted by Crippen LogP contribution is -2.68. The van der Waals surface area contributed by atoms with Crippen molar-refractivity contribution in [3.63, 3.8) is 0 Å². The van der Waals surface area contributed by atoms with Crippen LogP contribution in [-0.4, -0.2) is 368 Å². The van der Waals surface area contributed by atoms with Crippen LogP contribution in [0.3, 0.4) is 0 Å². The maximum atomic E-state index is 11.3. The van der Waals surface area contributed by atoms with Crippen LogP contribution in [-0.2, 0) is 66.3 Å². The Labute approximate surface area is 434 Å². The molecule has 448 valence electrons. The Hall–Kier alpha value is -1.40. The zero-order chi connectivity index (χ0) is 56.1. The summed E-state index contributed by atoms with van der Waals surface area (Å²) in [6.07, 6.45) is -70.2. The summed E-state index contributed by atoms with van der Waals surface area (Å²) < 4.78 is 79.5. The first-order valence-corrected chi connectivity index (χ1v) is 24.6. The zero-order valence-electron chi connectivity index (χ0n) is 40.3. The summed E-state index contributed by atoms with van der Waals surface area (Å²) in [7, 11) is 0. The van der Waals surface area contributed by atoms with E-state index in [0.717, 1.165) is 0 Å². The van der Waals surface area contributed by atoms with Crippen LogP contribution in [0.4, 0.5) is 0 Å². The highest BCUT2D eigenvalue weighted by molar-refractivity contribution is 5.01. The monoisotopic (exact) mass is 1130 g/mol. The number of hydrogen-bond acceptors (Lipinski definition) is 35. The van der Waals surface area contributed by atoms with Gasteiger partial charge in [0.2, 0.25) is 0 Å². The molecule has 0 saturated carbocycles. The fourth-order valence-electron chi connectivity index (χ4n) is 10.4. The van der Waals surface area contributed by atoms with Gasteiger partial charge in [0.15, 0.2) is 44.0 Å². The summed E-state index contributed by atoms with van der Waals surface area (Å²) in [5.74, 6) is 0. The van der Waals surface area contributed by atoms with E-state index in [9.17, 15) is 107 Å². The molecule has 77 heavy (non-hydrogen) atoms. The summed E-state index contributed by atoms with van der Waals surface area (Å²) in [6, 6.07) is 0. The highest BCUT2D eigenvalue weighted by Gasteiger charge is 2.59. The van der Waals surface area contributed by atoms with Gasteiger partial charge in [0.1, 0.15) is 171 Å². The second kappa shape index (κ2) is 26.0. The number of ether oxygens (including phenoxy) is 14. The van der Waals surface area contributed by atoms with Crippen LogP contribution in [0.25, 0.3) is 0 Å². The predicted molar refractivity (Wildman–Crippen MR) is 228 cm³/mol. The molecule has 35 heteroatoms. The van der Waals surface area contributed by atoms with Gasteiger partial charge in [-0.3, -0.25) is 0 Å². The van der Waals surface area contributed by atoms with Crippen LogP contribution < -0.4 is 0 Å². The summed E-state index contributed by atoms with van der Waals surface area (Å²) in [4.78, 5) is 0. The van der Waals surface area contributed by atoms with E-state index in [2.05, 4.69) is 0 Å². The van der Waals surface area contributed by atoms with E-state index >= 15 is 0 Å². The smallest absolute Gasteiger partial charge is 0.187 e.